The normalized spacial score (nSPS) is 22.5. The summed E-state index contributed by atoms with van der Waals surface area (Å²) in [4.78, 5) is 0. The van der Waals surface area contributed by atoms with Gasteiger partial charge < -0.3 is 0 Å². The average molecular weight is 213 g/mol. The molecule has 0 aromatic rings. The Bertz CT molecular complexity index is 258. The maximum absolute atomic E-state index is 12.1. The lowest BCUT2D eigenvalue weighted by Crippen LogP contribution is -2.40. The third-order valence-corrected chi connectivity index (χ3v) is 3.86. The lowest BCUT2D eigenvalue weighted by Gasteiger charge is -2.28. The van der Waals surface area contributed by atoms with Crippen LogP contribution in [0.5, 0.6) is 0 Å². The van der Waals surface area contributed by atoms with Crippen LogP contribution in [0.25, 0.3) is 0 Å². The Morgan fingerprint density at radius 3 is 2.15 bits per heavy atom. The van der Waals surface area contributed by atoms with E-state index in [1.54, 1.807) is 0 Å². The molecule has 1 aliphatic heterocycles. The van der Waals surface area contributed by atoms with Crippen LogP contribution in [-0.2, 0) is 10.0 Å². The van der Waals surface area contributed by atoms with Gasteiger partial charge in [0, 0.05) is 13.1 Å². The Hall–Kier alpha value is -0.230. The first-order valence-electron chi connectivity index (χ1n) is 4.21. The van der Waals surface area contributed by atoms with Crippen LogP contribution in [0.1, 0.15) is 19.8 Å². The van der Waals surface area contributed by atoms with Gasteiger partial charge in [-0.05, 0) is 18.8 Å². The molecule has 1 aliphatic rings. The van der Waals surface area contributed by atoms with Crippen LogP contribution in [0.2, 0.25) is 0 Å². The molecule has 0 amide bonds. The molecule has 1 heterocycles. The quantitative estimate of drug-likeness (QED) is 0.692. The Kier molecular flexibility index (Phi) is 3.23. The molecule has 1 saturated heterocycles. The van der Waals surface area contributed by atoms with E-state index >= 15 is 0 Å². The van der Waals surface area contributed by atoms with Crippen molar-refractivity contribution in [2.24, 2.45) is 5.92 Å². The van der Waals surface area contributed by atoms with E-state index in [0.29, 0.717) is 18.8 Å². The van der Waals surface area contributed by atoms with Crippen LogP contribution in [0.3, 0.4) is 0 Å². The van der Waals surface area contributed by atoms with Crippen molar-refractivity contribution in [1.29, 1.82) is 0 Å². The van der Waals surface area contributed by atoms with Gasteiger partial charge in [0.2, 0.25) is 0 Å². The molecule has 0 radical (unpaired) electrons. The lowest BCUT2D eigenvalue weighted by atomic mass is 10.0. The van der Waals surface area contributed by atoms with E-state index in [-0.39, 0.29) is 13.1 Å². The maximum Gasteiger partial charge on any atom is 0.350 e. The van der Waals surface area contributed by atoms with Crippen LogP contribution in [0.15, 0.2) is 0 Å². The van der Waals surface area contributed by atoms with Crippen LogP contribution >= 0.6 is 0 Å². The smallest absolute Gasteiger partial charge is 0.206 e. The molecule has 13 heavy (non-hydrogen) atoms. The van der Waals surface area contributed by atoms with E-state index in [2.05, 4.69) is 0 Å². The average Bonchev–Trinajstić information content (AvgIpc) is 2.04. The standard InChI is InChI=1S/C7H13F2NO2S/c1-6-2-4-10(5-3-6)13(11,12)7(8)9/h6-7H,2-5H2,1H3. The zero-order valence-electron chi connectivity index (χ0n) is 7.41. The third-order valence-electron chi connectivity index (χ3n) is 2.33. The summed E-state index contributed by atoms with van der Waals surface area (Å²) in [5.74, 6) is -2.84. The number of piperidine rings is 1. The predicted molar refractivity (Wildman–Crippen MR) is 44.9 cm³/mol. The molecule has 0 atom stereocenters. The van der Waals surface area contributed by atoms with Crippen LogP contribution in [0.4, 0.5) is 8.78 Å². The fourth-order valence-electron chi connectivity index (χ4n) is 1.35. The molecule has 0 N–H and O–H groups in total. The second-order valence-corrected chi connectivity index (χ2v) is 5.29. The van der Waals surface area contributed by atoms with E-state index in [1.165, 1.54) is 0 Å². The monoisotopic (exact) mass is 213 g/mol. The Labute approximate surface area is 76.8 Å². The number of rotatable bonds is 2. The summed E-state index contributed by atoms with van der Waals surface area (Å²) in [5, 5.41) is 0. The van der Waals surface area contributed by atoms with Gasteiger partial charge in [0.15, 0.2) is 0 Å². The summed E-state index contributed by atoms with van der Waals surface area (Å²) in [6, 6.07) is 0. The van der Waals surface area contributed by atoms with Gasteiger partial charge in [-0.1, -0.05) is 6.92 Å². The van der Waals surface area contributed by atoms with Gasteiger partial charge >= 0.3 is 5.76 Å². The summed E-state index contributed by atoms with van der Waals surface area (Å²) < 4.78 is 47.0. The van der Waals surface area contributed by atoms with Gasteiger partial charge in [-0.3, -0.25) is 0 Å². The van der Waals surface area contributed by atoms with Crippen molar-refractivity contribution in [3.05, 3.63) is 0 Å². The zero-order chi connectivity index (χ0) is 10.1. The van der Waals surface area contributed by atoms with E-state index in [9.17, 15) is 17.2 Å². The van der Waals surface area contributed by atoms with Crippen molar-refractivity contribution in [1.82, 2.24) is 4.31 Å². The number of alkyl halides is 2. The van der Waals surface area contributed by atoms with E-state index in [1.807, 2.05) is 6.92 Å². The largest absolute Gasteiger partial charge is 0.350 e. The van der Waals surface area contributed by atoms with Crippen molar-refractivity contribution < 1.29 is 17.2 Å². The molecule has 0 bridgehead atoms. The second kappa shape index (κ2) is 3.88. The van der Waals surface area contributed by atoms with Crippen molar-refractivity contribution in [2.75, 3.05) is 13.1 Å². The molecule has 0 aromatic carbocycles. The Balaban J connectivity index is 2.64. The molecule has 0 unspecified atom stereocenters. The van der Waals surface area contributed by atoms with Crippen LogP contribution < -0.4 is 0 Å². The molecule has 3 nitrogen and oxygen atoms in total. The van der Waals surface area contributed by atoms with Gasteiger partial charge in [-0.15, -0.1) is 0 Å². The van der Waals surface area contributed by atoms with E-state index in [0.717, 1.165) is 4.31 Å². The van der Waals surface area contributed by atoms with Crippen LogP contribution in [0, 0.1) is 5.92 Å². The molecular formula is C7H13F2NO2S. The summed E-state index contributed by atoms with van der Waals surface area (Å²) in [6.45, 7) is 2.45. The van der Waals surface area contributed by atoms with Crippen molar-refractivity contribution >= 4 is 10.0 Å². The SMILES string of the molecule is CC1CCN(S(=O)(=O)C(F)F)CC1. The molecule has 0 spiro atoms. The van der Waals surface area contributed by atoms with Crippen molar-refractivity contribution in [3.63, 3.8) is 0 Å². The molecular weight excluding hydrogens is 200 g/mol. The number of nitrogens with zero attached hydrogens (tertiary/aromatic N) is 1. The van der Waals surface area contributed by atoms with Crippen LogP contribution in [-0.4, -0.2) is 31.6 Å². The maximum atomic E-state index is 12.1. The third kappa shape index (κ3) is 2.37. The summed E-state index contributed by atoms with van der Waals surface area (Å²) in [6.07, 6.45) is 1.35. The van der Waals surface area contributed by atoms with Gasteiger partial charge in [0.05, 0.1) is 0 Å². The van der Waals surface area contributed by atoms with Gasteiger partial charge in [0.25, 0.3) is 10.0 Å². The van der Waals surface area contributed by atoms with E-state index < -0.39 is 15.8 Å². The van der Waals surface area contributed by atoms with Gasteiger partial charge in [-0.2, -0.15) is 13.1 Å². The molecule has 0 aromatic heterocycles. The lowest BCUT2D eigenvalue weighted by molar-refractivity contribution is 0.206. The molecule has 6 heteroatoms. The number of halogens is 2. The fraction of sp³-hybridized carbons (Fsp3) is 1.00. The minimum atomic E-state index is -4.32. The Morgan fingerprint density at radius 2 is 1.77 bits per heavy atom. The van der Waals surface area contributed by atoms with Crippen molar-refractivity contribution in [3.8, 4) is 0 Å². The minimum absolute atomic E-state index is 0.230. The highest BCUT2D eigenvalue weighted by Crippen LogP contribution is 2.21. The summed E-state index contributed by atoms with van der Waals surface area (Å²) >= 11 is 0. The highest BCUT2D eigenvalue weighted by atomic mass is 32.2. The highest BCUT2D eigenvalue weighted by molar-refractivity contribution is 7.89. The molecule has 1 rings (SSSR count). The summed E-state index contributed by atoms with van der Waals surface area (Å²) in [5.41, 5.74) is 0. The zero-order valence-corrected chi connectivity index (χ0v) is 8.23. The van der Waals surface area contributed by atoms with E-state index in [4.69, 9.17) is 0 Å². The minimum Gasteiger partial charge on any atom is -0.206 e. The first-order chi connectivity index (χ1) is 5.94. The summed E-state index contributed by atoms with van der Waals surface area (Å²) in [7, 11) is -4.32. The number of sulfonamides is 1. The van der Waals surface area contributed by atoms with Gasteiger partial charge in [-0.25, -0.2) is 8.42 Å². The first-order valence-corrected chi connectivity index (χ1v) is 5.72. The van der Waals surface area contributed by atoms with Crippen molar-refractivity contribution in [2.45, 2.75) is 25.5 Å². The molecule has 78 valence electrons. The topological polar surface area (TPSA) is 37.4 Å². The molecule has 0 aliphatic carbocycles. The Morgan fingerprint density at radius 1 is 1.31 bits per heavy atom. The first kappa shape index (κ1) is 10.8. The molecule has 0 saturated carbocycles. The predicted octanol–water partition coefficient (Wildman–Crippen LogP) is 1.27. The number of hydrogen-bond donors (Lipinski definition) is 0. The number of hydrogen-bond acceptors (Lipinski definition) is 2. The molecule has 1 fully saturated rings. The fourth-order valence-corrected chi connectivity index (χ4v) is 2.30. The highest BCUT2D eigenvalue weighted by Gasteiger charge is 2.33. The second-order valence-electron chi connectivity index (χ2n) is 3.39. The van der Waals surface area contributed by atoms with Gasteiger partial charge in [0.1, 0.15) is 0 Å².